The normalized spacial score (nSPS) is 14.9. The standard InChI is InChI=1S/C20H19N7O3S2/c1-12-6-2-4-8-14(12)27-20(24-25-26-27)31-11-18(29)23-22-17(28)10-16-19(30)21-13-7-3-5-9-15(13)32-16/h2-9,16H,10-11H2,1H3,(H,21,30)(H,22,28)(H,23,29). The molecule has 3 aromatic rings. The van der Waals surface area contributed by atoms with Crippen LogP contribution in [0.2, 0.25) is 0 Å². The summed E-state index contributed by atoms with van der Waals surface area (Å²) in [6.07, 6.45) is -0.0657. The van der Waals surface area contributed by atoms with E-state index in [9.17, 15) is 14.4 Å². The van der Waals surface area contributed by atoms with Crippen molar-refractivity contribution in [3.05, 3.63) is 54.1 Å². The quantitative estimate of drug-likeness (QED) is 0.367. The van der Waals surface area contributed by atoms with Crippen LogP contribution in [0, 0.1) is 6.92 Å². The highest BCUT2D eigenvalue weighted by Gasteiger charge is 2.28. The zero-order valence-corrected chi connectivity index (χ0v) is 18.6. The average Bonchev–Trinajstić information content (AvgIpc) is 3.25. The van der Waals surface area contributed by atoms with E-state index in [1.807, 2.05) is 55.5 Å². The van der Waals surface area contributed by atoms with E-state index in [4.69, 9.17) is 0 Å². The van der Waals surface area contributed by atoms with Crippen molar-refractivity contribution in [1.29, 1.82) is 0 Å². The van der Waals surface area contributed by atoms with Crippen molar-refractivity contribution in [3.63, 3.8) is 0 Å². The number of hydrogen-bond acceptors (Lipinski definition) is 8. The SMILES string of the molecule is Cc1ccccc1-n1nnnc1SCC(=O)NNC(=O)CC1Sc2ccccc2NC1=O. The lowest BCUT2D eigenvalue weighted by atomic mass is 10.2. The van der Waals surface area contributed by atoms with Crippen LogP contribution in [0.1, 0.15) is 12.0 Å². The Balaban J connectivity index is 1.26. The van der Waals surface area contributed by atoms with E-state index in [0.29, 0.717) is 5.16 Å². The van der Waals surface area contributed by atoms with Crippen LogP contribution in [0.3, 0.4) is 0 Å². The number of nitrogens with one attached hydrogen (secondary N) is 3. The number of nitrogens with zero attached hydrogens (tertiary/aromatic N) is 4. The highest BCUT2D eigenvalue weighted by Crippen LogP contribution is 2.36. The number of hydrazine groups is 1. The van der Waals surface area contributed by atoms with Gasteiger partial charge in [-0.1, -0.05) is 42.1 Å². The first-order chi connectivity index (χ1) is 15.5. The fraction of sp³-hybridized carbons (Fsp3) is 0.200. The molecule has 4 rings (SSSR count). The molecule has 1 atom stereocenters. The van der Waals surface area contributed by atoms with Crippen molar-refractivity contribution in [1.82, 2.24) is 31.1 Å². The van der Waals surface area contributed by atoms with Crippen LogP contribution in [0.4, 0.5) is 5.69 Å². The van der Waals surface area contributed by atoms with Gasteiger partial charge < -0.3 is 5.32 Å². The summed E-state index contributed by atoms with van der Waals surface area (Å²) in [5, 5.41) is 14.3. The van der Waals surface area contributed by atoms with E-state index < -0.39 is 17.1 Å². The highest BCUT2D eigenvalue weighted by atomic mass is 32.2. The van der Waals surface area contributed by atoms with Crippen LogP contribution in [-0.4, -0.2) is 48.9 Å². The maximum Gasteiger partial charge on any atom is 0.248 e. The summed E-state index contributed by atoms with van der Waals surface area (Å²) in [5.74, 6) is -1.12. The molecule has 164 valence electrons. The van der Waals surface area contributed by atoms with Crippen molar-refractivity contribution in [2.75, 3.05) is 11.1 Å². The van der Waals surface area contributed by atoms with Crippen LogP contribution >= 0.6 is 23.5 Å². The van der Waals surface area contributed by atoms with Gasteiger partial charge in [-0.05, 0) is 41.1 Å². The van der Waals surface area contributed by atoms with Gasteiger partial charge in [-0.2, -0.15) is 4.68 Å². The summed E-state index contributed by atoms with van der Waals surface area (Å²) in [4.78, 5) is 37.5. The number of hydrogen-bond donors (Lipinski definition) is 3. The summed E-state index contributed by atoms with van der Waals surface area (Å²) >= 11 is 2.46. The van der Waals surface area contributed by atoms with Crippen LogP contribution in [0.25, 0.3) is 5.69 Å². The largest absolute Gasteiger partial charge is 0.324 e. The monoisotopic (exact) mass is 469 g/mol. The number of carbonyl (C=O) groups excluding carboxylic acids is 3. The predicted molar refractivity (Wildman–Crippen MR) is 120 cm³/mol. The Kier molecular flexibility index (Phi) is 6.71. The maximum absolute atomic E-state index is 12.2. The van der Waals surface area contributed by atoms with Gasteiger partial charge in [0.05, 0.1) is 22.4 Å². The Morgan fingerprint density at radius 1 is 1.12 bits per heavy atom. The Bertz CT molecular complexity index is 1170. The van der Waals surface area contributed by atoms with Gasteiger partial charge >= 0.3 is 0 Å². The smallest absolute Gasteiger partial charge is 0.248 e. The first-order valence-electron chi connectivity index (χ1n) is 9.62. The second-order valence-electron chi connectivity index (χ2n) is 6.84. The minimum absolute atomic E-state index is 0.00141. The lowest BCUT2D eigenvalue weighted by Crippen LogP contribution is -2.44. The van der Waals surface area contributed by atoms with Gasteiger partial charge in [0.25, 0.3) is 0 Å². The predicted octanol–water partition coefficient (Wildman–Crippen LogP) is 1.71. The minimum Gasteiger partial charge on any atom is -0.324 e. The molecule has 10 nitrogen and oxygen atoms in total. The molecule has 1 aliphatic heterocycles. The van der Waals surface area contributed by atoms with Gasteiger partial charge in [0.2, 0.25) is 22.9 Å². The van der Waals surface area contributed by atoms with Crippen LogP contribution < -0.4 is 16.2 Å². The van der Waals surface area contributed by atoms with E-state index in [0.717, 1.165) is 33.6 Å². The second-order valence-corrected chi connectivity index (χ2v) is 9.03. The first kappa shape index (κ1) is 21.8. The summed E-state index contributed by atoms with van der Waals surface area (Å²) in [7, 11) is 0. The zero-order chi connectivity index (χ0) is 22.5. The molecular weight excluding hydrogens is 450 g/mol. The minimum atomic E-state index is -0.574. The van der Waals surface area contributed by atoms with Crippen molar-refractivity contribution < 1.29 is 14.4 Å². The number of carbonyl (C=O) groups is 3. The number of amides is 3. The van der Waals surface area contributed by atoms with Crippen LogP contribution in [0.5, 0.6) is 0 Å². The Hall–Kier alpha value is -3.38. The summed E-state index contributed by atoms with van der Waals surface area (Å²) in [6, 6.07) is 15.0. The van der Waals surface area contributed by atoms with Crippen LogP contribution in [0.15, 0.2) is 58.6 Å². The molecule has 32 heavy (non-hydrogen) atoms. The topological polar surface area (TPSA) is 131 Å². The van der Waals surface area contributed by atoms with Crippen LogP contribution in [-0.2, 0) is 14.4 Å². The molecule has 0 saturated heterocycles. The molecule has 1 aliphatic rings. The van der Waals surface area contributed by atoms with E-state index in [2.05, 4.69) is 31.7 Å². The molecule has 12 heteroatoms. The van der Waals surface area contributed by atoms with E-state index in [1.165, 1.54) is 11.8 Å². The average molecular weight is 470 g/mol. The van der Waals surface area contributed by atoms with E-state index in [1.54, 1.807) is 4.68 Å². The second kappa shape index (κ2) is 9.83. The number of thioether (sulfide) groups is 2. The van der Waals surface area contributed by atoms with Gasteiger partial charge in [-0.15, -0.1) is 16.9 Å². The number of aryl methyl sites for hydroxylation is 1. The van der Waals surface area contributed by atoms with Crippen molar-refractivity contribution in [3.8, 4) is 5.69 Å². The number of rotatable bonds is 6. The molecule has 3 N–H and O–H groups in total. The molecule has 0 aliphatic carbocycles. The molecule has 0 fully saturated rings. The van der Waals surface area contributed by atoms with Gasteiger partial charge in [0.1, 0.15) is 0 Å². The van der Waals surface area contributed by atoms with Gasteiger partial charge in [0, 0.05) is 11.3 Å². The van der Waals surface area contributed by atoms with Crippen molar-refractivity contribution >= 4 is 46.9 Å². The summed E-state index contributed by atoms with van der Waals surface area (Å²) in [6.45, 7) is 1.94. The fourth-order valence-corrected chi connectivity index (χ4v) is 4.77. The molecule has 0 spiro atoms. The van der Waals surface area contributed by atoms with E-state index >= 15 is 0 Å². The summed E-state index contributed by atoms with van der Waals surface area (Å²) < 4.78 is 1.56. The number of aromatic nitrogens is 4. The summed E-state index contributed by atoms with van der Waals surface area (Å²) in [5.41, 5.74) is 7.26. The molecule has 2 heterocycles. The Labute approximate surface area is 191 Å². The fourth-order valence-electron chi connectivity index (χ4n) is 2.97. The third-order valence-corrected chi connectivity index (χ3v) is 6.73. The molecule has 3 amide bonds. The van der Waals surface area contributed by atoms with Crippen molar-refractivity contribution in [2.45, 2.75) is 28.6 Å². The molecule has 1 unspecified atom stereocenters. The molecule has 0 bridgehead atoms. The van der Waals surface area contributed by atoms with E-state index in [-0.39, 0.29) is 18.1 Å². The zero-order valence-electron chi connectivity index (χ0n) is 16.9. The third kappa shape index (κ3) is 5.08. The molecule has 2 aromatic carbocycles. The number of para-hydroxylation sites is 2. The number of anilines is 1. The van der Waals surface area contributed by atoms with Gasteiger partial charge in [-0.25, -0.2) is 0 Å². The highest BCUT2D eigenvalue weighted by molar-refractivity contribution is 8.01. The molecular formula is C20H19N7O3S2. The van der Waals surface area contributed by atoms with Gasteiger partial charge in [0.15, 0.2) is 0 Å². The first-order valence-corrected chi connectivity index (χ1v) is 11.5. The lowest BCUT2D eigenvalue weighted by molar-refractivity contribution is -0.128. The maximum atomic E-state index is 12.2. The number of benzene rings is 2. The van der Waals surface area contributed by atoms with Crippen molar-refractivity contribution in [2.24, 2.45) is 0 Å². The number of fused-ring (bicyclic) bond motifs is 1. The Morgan fingerprint density at radius 2 is 1.88 bits per heavy atom. The number of tetrazole rings is 1. The molecule has 1 aromatic heterocycles. The lowest BCUT2D eigenvalue weighted by Gasteiger charge is -2.23. The Morgan fingerprint density at radius 3 is 2.72 bits per heavy atom. The molecule has 0 radical (unpaired) electrons. The van der Waals surface area contributed by atoms with Gasteiger partial charge in [-0.3, -0.25) is 25.2 Å². The molecule has 0 saturated carbocycles. The third-order valence-electron chi connectivity index (χ3n) is 4.54.